The van der Waals surface area contributed by atoms with E-state index >= 15 is 0 Å². The van der Waals surface area contributed by atoms with Crippen LogP contribution in [0.15, 0.2) is 84.9 Å². The number of benzene rings is 3. The molecule has 1 atom stereocenters. The number of hydrogen-bond acceptors (Lipinski definition) is 2. The Kier molecular flexibility index (Phi) is 4.31. The van der Waals surface area contributed by atoms with Crippen LogP contribution in [0.1, 0.15) is 28.4 Å². The van der Waals surface area contributed by atoms with Gasteiger partial charge in [0.2, 0.25) is 0 Å². The third kappa shape index (κ3) is 2.61. The molecule has 0 bridgehead atoms. The second-order valence-electron chi connectivity index (χ2n) is 6.40. The Hall–Kier alpha value is -2.91. The van der Waals surface area contributed by atoms with Crippen LogP contribution in [0.4, 0.5) is 5.69 Å². The van der Waals surface area contributed by atoms with Gasteiger partial charge in [-0.3, -0.25) is 9.69 Å². The molecule has 0 aliphatic carbocycles. The lowest BCUT2D eigenvalue weighted by molar-refractivity contribution is -0.0370. The van der Waals surface area contributed by atoms with Gasteiger partial charge in [0, 0.05) is 29.8 Å². The summed E-state index contributed by atoms with van der Waals surface area (Å²) < 4.78 is 6.36. The van der Waals surface area contributed by atoms with E-state index in [9.17, 15) is 4.79 Å². The van der Waals surface area contributed by atoms with Crippen molar-refractivity contribution in [1.29, 1.82) is 0 Å². The molecule has 1 aliphatic rings. The molecule has 1 amide bonds. The van der Waals surface area contributed by atoms with E-state index in [0.717, 1.165) is 16.8 Å². The second kappa shape index (κ2) is 6.77. The van der Waals surface area contributed by atoms with Gasteiger partial charge >= 0.3 is 0 Å². The second-order valence-corrected chi connectivity index (χ2v) is 6.40. The Morgan fingerprint density at radius 1 is 0.846 bits per heavy atom. The van der Waals surface area contributed by atoms with Crippen LogP contribution in [-0.4, -0.2) is 12.5 Å². The molecule has 0 saturated heterocycles. The van der Waals surface area contributed by atoms with Crippen LogP contribution in [0.3, 0.4) is 0 Å². The van der Waals surface area contributed by atoms with E-state index < -0.39 is 5.72 Å². The molecule has 1 aliphatic heterocycles. The van der Waals surface area contributed by atoms with E-state index in [2.05, 4.69) is 12.1 Å². The van der Waals surface area contributed by atoms with Gasteiger partial charge in [0.05, 0.1) is 0 Å². The number of carbonyl (C=O) groups excluding carboxylic acids is 1. The Bertz CT molecular complexity index is 908. The Morgan fingerprint density at radius 3 is 2.15 bits per heavy atom. The number of rotatable bonds is 5. The van der Waals surface area contributed by atoms with Crippen molar-refractivity contribution in [3.05, 3.63) is 102 Å². The predicted octanol–water partition coefficient (Wildman–Crippen LogP) is 4.78. The van der Waals surface area contributed by atoms with Crippen molar-refractivity contribution in [2.75, 3.05) is 11.5 Å². The van der Waals surface area contributed by atoms with E-state index in [1.54, 1.807) is 0 Å². The van der Waals surface area contributed by atoms with Crippen LogP contribution >= 0.6 is 0 Å². The molecule has 26 heavy (non-hydrogen) atoms. The molecule has 0 saturated carbocycles. The molecule has 3 aromatic rings. The number of amides is 1. The maximum absolute atomic E-state index is 13.3. The van der Waals surface area contributed by atoms with Gasteiger partial charge in [0.25, 0.3) is 5.91 Å². The van der Waals surface area contributed by atoms with Gasteiger partial charge in [-0.15, -0.1) is 0 Å². The van der Waals surface area contributed by atoms with E-state index in [-0.39, 0.29) is 5.91 Å². The normalized spacial score (nSPS) is 18.8. The molecule has 0 aromatic heterocycles. The number of anilines is 1. The van der Waals surface area contributed by atoms with Gasteiger partial charge in [-0.2, -0.15) is 0 Å². The van der Waals surface area contributed by atoms with Crippen molar-refractivity contribution in [2.24, 2.45) is 0 Å². The monoisotopic (exact) mass is 343 g/mol. The Morgan fingerprint density at radius 2 is 1.46 bits per heavy atom. The minimum atomic E-state index is -0.842. The predicted molar refractivity (Wildman–Crippen MR) is 103 cm³/mol. The summed E-state index contributed by atoms with van der Waals surface area (Å²) >= 11 is 0. The number of fused-ring (bicyclic) bond motifs is 1. The molecule has 3 nitrogen and oxygen atoms in total. The standard InChI is InChI=1S/C23H21NO2/c1-2-26-23(17-18-11-5-3-6-12-18)21-16-10-9-15-20(21)22(25)24(23)19-13-7-4-8-14-19/h3-16H,2,17H2,1H3. The molecule has 3 heteroatoms. The topological polar surface area (TPSA) is 29.5 Å². The van der Waals surface area contributed by atoms with Crippen LogP contribution in [0.2, 0.25) is 0 Å². The van der Waals surface area contributed by atoms with E-state index in [4.69, 9.17) is 4.74 Å². The molecule has 3 aromatic carbocycles. The lowest BCUT2D eigenvalue weighted by atomic mass is 9.93. The summed E-state index contributed by atoms with van der Waals surface area (Å²) in [6.07, 6.45) is 0.597. The molecule has 0 spiro atoms. The van der Waals surface area contributed by atoms with E-state index in [0.29, 0.717) is 18.6 Å². The molecular weight excluding hydrogens is 322 g/mol. The first kappa shape index (κ1) is 16.6. The van der Waals surface area contributed by atoms with Crippen molar-refractivity contribution < 1.29 is 9.53 Å². The van der Waals surface area contributed by atoms with E-state index in [1.807, 2.05) is 84.6 Å². The molecule has 130 valence electrons. The fourth-order valence-corrected chi connectivity index (χ4v) is 3.80. The van der Waals surface area contributed by atoms with E-state index in [1.165, 1.54) is 0 Å². The zero-order chi connectivity index (χ0) is 18.0. The van der Waals surface area contributed by atoms with Crippen molar-refractivity contribution in [1.82, 2.24) is 0 Å². The fraction of sp³-hybridized carbons (Fsp3) is 0.174. The smallest absolute Gasteiger partial charge is 0.261 e. The highest BCUT2D eigenvalue weighted by molar-refractivity contribution is 6.11. The summed E-state index contributed by atoms with van der Waals surface area (Å²) in [6, 6.07) is 27.7. The highest BCUT2D eigenvalue weighted by Gasteiger charge is 2.51. The third-order valence-corrected chi connectivity index (χ3v) is 4.83. The van der Waals surface area contributed by atoms with Gasteiger partial charge in [0.15, 0.2) is 5.72 Å². The van der Waals surface area contributed by atoms with Crippen LogP contribution in [0.25, 0.3) is 0 Å². The molecule has 1 unspecified atom stereocenters. The molecular formula is C23H21NO2. The fourth-order valence-electron chi connectivity index (χ4n) is 3.80. The molecule has 0 radical (unpaired) electrons. The van der Waals surface area contributed by atoms with Crippen LogP contribution in [0, 0.1) is 0 Å². The summed E-state index contributed by atoms with van der Waals surface area (Å²) in [5, 5.41) is 0. The zero-order valence-corrected chi connectivity index (χ0v) is 14.8. The first-order chi connectivity index (χ1) is 12.8. The number of para-hydroxylation sites is 1. The zero-order valence-electron chi connectivity index (χ0n) is 14.8. The van der Waals surface area contributed by atoms with Gasteiger partial charge in [-0.05, 0) is 30.7 Å². The van der Waals surface area contributed by atoms with Crippen LogP contribution in [0.5, 0.6) is 0 Å². The Balaban J connectivity index is 1.92. The largest absolute Gasteiger partial charge is 0.351 e. The first-order valence-corrected chi connectivity index (χ1v) is 8.93. The Labute approximate surface area is 153 Å². The summed E-state index contributed by atoms with van der Waals surface area (Å²) in [6.45, 7) is 2.49. The SMILES string of the molecule is CCOC1(Cc2ccccc2)c2ccccc2C(=O)N1c1ccccc1. The highest BCUT2D eigenvalue weighted by Crippen LogP contribution is 2.45. The minimum absolute atomic E-state index is 0.0174. The van der Waals surface area contributed by atoms with Crippen molar-refractivity contribution in [3.63, 3.8) is 0 Å². The maximum atomic E-state index is 13.3. The third-order valence-electron chi connectivity index (χ3n) is 4.83. The first-order valence-electron chi connectivity index (χ1n) is 8.93. The van der Waals surface area contributed by atoms with Gasteiger partial charge in [-0.25, -0.2) is 0 Å². The molecule has 4 rings (SSSR count). The summed E-state index contributed by atoms with van der Waals surface area (Å²) in [5.41, 5.74) is 2.77. The lowest BCUT2D eigenvalue weighted by Gasteiger charge is -2.39. The van der Waals surface area contributed by atoms with Crippen molar-refractivity contribution in [2.45, 2.75) is 19.1 Å². The maximum Gasteiger partial charge on any atom is 0.261 e. The van der Waals surface area contributed by atoms with Crippen LogP contribution < -0.4 is 4.90 Å². The highest BCUT2D eigenvalue weighted by atomic mass is 16.5. The summed E-state index contributed by atoms with van der Waals surface area (Å²) in [7, 11) is 0. The lowest BCUT2D eigenvalue weighted by Crippen LogP contribution is -2.48. The number of ether oxygens (including phenoxy) is 1. The van der Waals surface area contributed by atoms with Gasteiger partial charge in [-0.1, -0.05) is 66.7 Å². The van der Waals surface area contributed by atoms with Crippen molar-refractivity contribution >= 4 is 11.6 Å². The molecule has 1 heterocycles. The summed E-state index contributed by atoms with van der Waals surface area (Å²) in [5.74, 6) is -0.0174. The average molecular weight is 343 g/mol. The number of nitrogens with zero attached hydrogens (tertiary/aromatic N) is 1. The summed E-state index contributed by atoms with van der Waals surface area (Å²) in [4.78, 5) is 15.1. The van der Waals surface area contributed by atoms with Crippen LogP contribution in [-0.2, 0) is 16.9 Å². The van der Waals surface area contributed by atoms with Gasteiger partial charge < -0.3 is 4.74 Å². The van der Waals surface area contributed by atoms with Crippen molar-refractivity contribution in [3.8, 4) is 0 Å². The minimum Gasteiger partial charge on any atom is -0.351 e. The molecule has 0 N–H and O–H groups in total. The number of carbonyl (C=O) groups is 1. The quantitative estimate of drug-likeness (QED) is 0.667. The number of hydrogen-bond donors (Lipinski definition) is 0. The average Bonchev–Trinajstić information content (AvgIpc) is 2.92. The molecule has 0 fully saturated rings. The van der Waals surface area contributed by atoms with Gasteiger partial charge in [0.1, 0.15) is 0 Å².